The van der Waals surface area contributed by atoms with Gasteiger partial charge < -0.3 is 15.9 Å². The first-order chi connectivity index (χ1) is 13.2. The fourth-order valence-electron chi connectivity index (χ4n) is 3.82. The number of piperidine rings is 1. The van der Waals surface area contributed by atoms with E-state index < -0.39 is 35.2 Å². The Labute approximate surface area is 175 Å². The maximum absolute atomic E-state index is 13.0. The van der Waals surface area contributed by atoms with Gasteiger partial charge in [-0.25, -0.2) is 9.78 Å². The van der Waals surface area contributed by atoms with Crippen molar-refractivity contribution < 1.29 is 27.8 Å². The molecule has 0 bridgehead atoms. The Balaban J connectivity index is 0.00000320. The summed E-state index contributed by atoms with van der Waals surface area (Å²) in [4.78, 5) is 17.8. The van der Waals surface area contributed by atoms with E-state index in [0.29, 0.717) is 15.9 Å². The molecule has 0 saturated carbocycles. The second-order valence-electron chi connectivity index (χ2n) is 8.72. The third-order valence-electron chi connectivity index (χ3n) is 4.93. The molecule has 2 aliphatic heterocycles. The number of carbonyl (C=O) groups excluding carboxylic acids is 1. The molecule has 1 aromatic heterocycles. The fourth-order valence-corrected chi connectivity index (χ4v) is 5.03. The van der Waals surface area contributed by atoms with Gasteiger partial charge in [-0.1, -0.05) is 24.6 Å². The number of nitrogens with zero attached hydrogens (tertiary/aromatic N) is 2. The van der Waals surface area contributed by atoms with Crippen molar-refractivity contribution >= 4 is 27.2 Å². The first kappa shape index (κ1) is 24.0. The summed E-state index contributed by atoms with van der Waals surface area (Å²) in [6.45, 7) is 7.37. The first-order valence-corrected chi connectivity index (χ1v) is 10.8. The van der Waals surface area contributed by atoms with Crippen molar-refractivity contribution in [1.29, 1.82) is 0 Å². The molecule has 11 heteroatoms. The van der Waals surface area contributed by atoms with Crippen LogP contribution in [-0.2, 0) is 10.9 Å². The van der Waals surface area contributed by atoms with Gasteiger partial charge in [0.1, 0.15) is 16.4 Å². The number of halogens is 4. The quantitative estimate of drug-likeness (QED) is 0.280. The normalized spacial score (nSPS) is 29.2. The number of likely N-dealkylation sites (tertiary alicyclic amines) is 1. The molecular weight excluding hydrogens is 687 g/mol. The minimum Gasteiger partial charge on any atom is -0.444 e. The molecule has 30 heavy (non-hydrogen) atoms. The van der Waals surface area contributed by atoms with Crippen LogP contribution in [0.5, 0.6) is 0 Å². The molecule has 1 N–H and O–H groups in total. The maximum Gasteiger partial charge on any atom is 0.433 e. The van der Waals surface area contributed by atoms with Gasteiger partial charge in [0, 0.05) is 12.1 Å². The van der Waals surface area contributed by atoms with Crippen LogP contribution in [0.3, 0.4) is 0 Å². The minimum absolute atomic E-state index is 0. The first-order valence-electron chi connectivity index (χ1n) is 9.27. The molecule has 3 heterocycles. The van der Waals surface area contributed by atoms with Gasteiger partial charge in [-0.15, -0.1) is 0 Å². The topological polar surface area (TPSA) is 62.7 Å². The second kappa shape index (κ2) is 7.74. The van der Waals surface area contributed by atoms with Gasteiger partial charge in [-0.2, -0.15) is 28.2 Å². The molecule has 1 unspecified atom stereocenters. The van der Waals surface area contributed by atoms with E-state index in [-0.39, 0.29) is 28.7 Å². The molecule has 0 spiro atoms. The zero-order chi connectivity index (χ0) is 21.8. The van der Waals surface area contributed by atoms with Crippen molar-refractivity contribution in [2.24, 2.45) is 5.92 Å². The largest absolute Gasteiger partial charge is 0.444 e. The van der Waals surface area contributed by atoms with Gasteiger partial charge >= 0.3 is 12.3 Å². The van der Waals surface area contributed by atoms with Crippen molar-refractivity contribution in [2.75, 3.05) is 6.54 Å². The molecule has 0 aliphatic carbocycles. The molecular formula is C19H23ClF3LrN2O3Si-. The van der Waals surface area contributed by atoms with Gasteiger partial charge in [0.25, 0.3) is 0 Å². The van der Waals surface area contributed by atoms with E-state index in [2.05, 4.69) is 4.98 Å². The molecule has 2 fully saturated rings. The summed E-state index contributed by atoms with van der Waals surface area (Å²) in [7, 11) is 0.408. The van der Waals surface area contributed by atoms with Crippen LogP contribution < -0.4 is 0 Å². The maximum atomic E-state index is 13.0. The molecule has 4 atom stereocenters. The monoisotopic (exact) mass is 709 g/mol. The molecule has 2 aliphatic rings. The predicted octanol–water partition coefficient (Wildman–Crippen LogP) is 4.47. The summed E-state index contributed by atoms with van der Waals surface area (Å²) in [5.41, 5.74) is -3.21. The zero-order valence-corrected chi connectivity index (χ0v) is 20.7. The summed E-state index contributed by atoms with van der Waals surface area (Å²) in [5.74, 6) is -0.0243. The second-order valence-corrected chi connectivity index (χ2v) is 10.4. The van der Waals surface area contributed by atoms with Crippen molar-refractivity contribution in [2.45, 2.75) is 63.1 Å². The van der Waals surface area contributed by atoms with E-state index in [1.807, 2.05) is 13.0 Å². The Kier molecular flexibility index (Phi) is 6.18. The third-order valence-corrected chi connectivity index (χ3v) is 6.40. The minimum atomic E-state index is -4.64. The summed E-state index contributed by atoms with van der Waals surface area (Å²) >= 11 is 6.15. The Bertz CT molecular complexity index is 804. The number of hydrogen-bond acceptors (Lipinski definition) is 4. The predicted molar refractivity (Wildman–Crippen MR) is 102 cm³/mol. The number of pyridine rings is 1. The Hall–Kier alpha value is -2.32. The summed E-state index contributed by atoms with van der Waals surface area (Å²) in [6, 6.07) is 3.02. The van der Waals surface area contributed by atoms with Crippen molar-refractivity contribution in [1.82, 2.24) is 9.88 Å². The SMILES string of the molecule is C[C@H]1CN(C(=O)OC(C)(C)C)[C@@H](c2ccc(C(F)(F)F)nc2Cl)[C@@](O)(C2[CH-][Si]2)C1.[Lr]. The van der Waals surface area contributed by atoms with Crippen molar-refractivity contribution in [3.63, 3.8) is 0 Å². The third kappa shape index (κ3) is 4.70. The molecule has 1 amide bonds. The number of rotatable bonds is 2. The molecule has 3 radical (unpaired) electrons. The van der Waals surface area contributed by atoms with Crippen LogP contribution in [0.25, 0.3) is 0 Å². The van der Waals surface area contributed by atoms with Gasteiger partial charge in [-0.3, -0.25) is 4.90 Å². The molecule has 0 aromatic carbocycles. The van der Waals surface area contributed by atoms with E-state index in [9.17, 15) is 23.1 Å². The van der Waals surface area contributed by atoms with Crippen molar-refractivity contribution in [3.05, 3.63) is 34.6 Å². The number of hydrogen-bond donors (Lipinski definition) is 1. The Morgan fingerprint density at radius 1 is 1.40 bits per heavy atom. The van der Waals surface area contributed by atoms with Gasteiger partial charge in [-0.05, 0) is 39.2 Å². The number of amides is 1. The average Bonchev–Trinajstić information content (AvgIpc) is 3.37. The molecule has 5 nitrogen and oxygen atoms in total. The molecule has 175 valence electrons. The van der Waals surface area contributed by atoms with E-state index in [4.69, 9.17) is 16.3 Å². The zero-order valence-electron chi connectivity index (χ0n) is 16.8. The van der Waals surface area contributed by atoms with Crippen LogP contribution in [0, 0.1) is 12.0 Å². The van der Waals surface area contributed by atoms with E-state index in [1.165, 1.54) is 11.0 Å². The van der Waals surface area contributed by atoms with Gasteiger partial charge in [0.2, 0.25) is 0 Å². The van der Waals surface area contributed by atoms with Gasteiger partial charge in [0.05, 0.1) is 11.6 Å². The number of aliphatic hydroxyl groups is 1. The standard InChI is InChI=1S/C19H23ClF3N2O3Si.Lr/c1-10-7-18(27,13-9-29-13)14(25(8-10)16(26)28-17(2,3)4)11-5-6-12(19(21,22)23)24-15(11)20;/h5-6,9-10,13-14,27H,7-8H2,1-4H3;/q-1;/t10-,13?,14+,18+;/m1./s1. The number of ether oxygens (including phenoxy) is 1. The summed E-state index contributed by atoms with van der Waals surface area (Å²) < 4.78 is 44.6. The van der Waals surface area contributed by atoms with Crippen LogP contribution in [0.15, 0.2) is 12.1 Å². The number of aromatic nitrogens is 1. The smallest absolute Gasteiger partial charge is 0.433 e. The molecule has 1 aromatic rings. The Morgan fingerprint density at radius 2 is 2.00 bits per heavy atom. The molecule has 2 saturated heterocycles. The van der Waals surface area contributed by atoms with Crippen LogP contribution in [0.4, 0.5) is 18.0 Å². The summed E-state index contributed by atoms with van der Waals surface area (Å²) in [5, 5.41) is 11.2. The van der Waals surface area contributed by atoms with Crippen LogP contribution in [-0.4, -0.2) is 48.4 Å². The van der Waals surface area contributed by atoms with Crippen LogP contribution >= 0.6 is 11.6 Å². The van der Waals surface area contributed by atoms with E-state index in [1.54, 1.807) is 20.8 Å². The number of alkyl halides is 3. The van der Waals surface area contributed by atoms with Crippen LogP contribution in [0.2, 0.25) is 10.7 Å². The van der Waals surface area contributed by atoms with Gasteiger partial charge in [0.15, 0.2) is 0 Å². The summed E-state index contributed by atoms with van der Waals surface area (Å²) in [6.07, 6.45) is -4.90. The molecule has 3 rings (SSSR count). The Morgan fingerprint density at radius 3 is 2.47 bits per heavy atom. The van der Waals surface area contributed by atoms with E-state index >= 15 is 0 Å². The van der Waals surface area contributed by atoms with Crippen LogP contribution in [0.1, 0.15) is 51.4 Å². The van der Waals surface area contributed by atoms with E-state index in [0.717, 1.165) is 6.07 Å². The fraction of sp³-hybridized carbons (Fsp3) is 0.632. The average molecular weight is 710 g/mol. The number of carbonyl (C=O) groups is 1. The van der Waals surface area contributed by atoms with Crippen molar-refractivity contribution in [3.8, 4) is 0 Å².